The molecule has 0 spiro atoms. The van der Waals surface area contributed by atoms with Crippen LogP contribution >= 0.6 is 0 Å². The molecule has 0 aliphatic carbocycles. The van der Waals surface area contributed by atoms with Crippen molar-refractivity contribution >= 4 is 11.9 Å². The first kappa shape index (κ1) is 19.9. The first-order valence-corrected chi connectivity index (χ1v) is 11.2. The summed E-state index contributed by atoms with van der Waals surface area (Å²) < 4.78 is 23.2. The molecule has 7 nitrogen and oxygen atoms in total. The van der Waals surface area contributed by atoms with Crippen molar-refractivity contribution in [2.24, 2.45) is 17.8 Å². The molecule has 7 heteroatoms. The van der Waals surface area contributed by atoms with Crippen LogP contribution in [0.25, 0.3) is 0 Å². The van der Waals surface area contributed by atoms with Crippen molar-refractivity contribution in [2.45, 2.75) is 77.2 Å². The number of methoxy groups -OCH3 is 1. The molecule has 0 aromatic heterocycles. The quantitative estimate of drug-likeness (QED) is 0.640. The zero-order valence-corrected chi connectivity index (χ0v) is 18.2. The monoisotopic (exact) mass is 417 g/mol. The normalized spacial score (nSPS) is 43.8. The van der Waals surface area contributed by atoms with Gasteiger partial charge in [0.05, 0.1) is 18.6 Å². The van der Waals surface area contributed by atoms with Gasteiger partial charge < -0.3 is 18.9 Å². The van der Waals surface area contributed by atoms with Gasteiger partial charge in [0.15, 0.2) is 5.76 Å². The maximum absolute atomic E-state index is 12.1. The molecular weight excluding hydrogens is 386 g/mol. The number of fused-ring (bicyclic) bond motifs is 3. The zero-order chi connectivity index (χ0) is 21.2. The fraction of sp³-hybridized carbons (Fsp3) is 0.739. The number of allylic oxidation sites excluding steroid dienone is 1. The Morgan fingerprint density at radius 3 is 2.50 bits per heavy atom. The van der Waals surface area contributed by atoms with E-state index in [4.69, 9.17) is 18.9 Å². The Kier molecular flexibility index (Phi) is 4.84. The average molecular weight is 418 g/mol. The molecule has 0 unspecified atom stereocenters. The summed E-state index contributed by atoms with van der Waals surface area (Å²) in [4.78, 5) is 26.7. The fourth-order valence-electron chi connectivity index (χ4n) is 6.36. The first-order valence-electron chi connectivity index (χ1n) is 11.2. The van der Waals surface area contributed by atoms with Crippen LogP contribution in [0.15, 0.2) is 22.9 Å². The number of hydrogen-bond acceptors (Lipinski definition) is 7. The summed E-state index contributed by atoms with van der Waals surface area (Å²) in [5.41, 5.74) is 0.489. The van der Waals surface area contributed by atoms with Crippen LogP contribution in [0, 0.1) is 17.8 Å². The van der Waals surface area contributed by atoms with Crippen LogP contribution < -0.4 is 0 Å². The van der Waals surface area contributed by atoms with Crippen LogP contribution in [-0.2, 0) is 28.5 Å². The van der Waals surface area contributed by atoms with Gasteiger partial charge in [0.2, 0.25) is 5.76 Å². The minimum atomic E-state index is -0.364. The third-order valence-corrected chi connectivity index (χ3v) is 7.82. The van der Waals surface area contributed by atoms with E-state index in [0.29, 0.717) is 35.1 Å². The van der Waals surface area contributed by atoms with Gasteiger partial charge in [0, 0.05) is 23.9 Å². The maximum atomic E-state index is 12.1. The van der Waals surface area contributed by atoms with Crippen LogP contribution in [-0.4, -0.2) is 54.8 Å². The molecule has 0 aromatic rings. The predicted octanol–water partition coefficient (Wildman–Crippen LogP) is 2.90. The van der Waals surface area contributed by atoms with Gasteiger partial charge in [-0.1, -0.05) is 13.8 Å². The number of hydrogen-bond donors (Lipinski definition) is 0. The summed E-state index contributed by atoms with van der Waals surface area (Å²) in [7, 11) is 1.56. The van der Waals surface area contributed by atoms with Gasteiger partial charge in [-0.3, -0.25) is 9.69 Å². The molecule has 0 N–H and O–H groups in total. The molecule has 5 aliphatic heterocycles. The molecule has 0 aromatic carbocycles. The number of rotatable bonds is 2. The van der Waals surface area contributed by atoms with Crippen LogP contribution in [0.5, 0.6) is 0 Å². The largest absolute Gasteiger partial charge is 0.492 e. The third-order valence-electron chi connectivity index (χ3n) is 7.82. The molecule has 0 bridgehead atoms. The first-order chi connectivity index (χ1) is 14.4. The van der Waals surface area contributed by atoms with Crippen LogP contribution in [0.1, 0.15) is 52.9 Å². The standard InChI is InChI=1S/C23H31NO6/c1-11-10-17(29-22(11)25)14-7-8-15-18-12(2)20(28-16(18)6-5-9-24(14)15)21-19(27-4)13(3)23(26)30-21/h11-12,14-18H,5-10H2,1-4H3/b21-20+/t11-,12-,14-,15-,16+,17+,18+/m0/s1. The second-order valence-electron chi connectivity index (χ2n) is 9.47. The molecule has 5 heterocycles. The van der Waals surface area contributed by atoms with Crippen LogP contribution in [0.2, 0.25) is 0 Å². The van der Waals surface area contributed by atoms with E-state index in [0.717, 1.165) is 44.4 Å². The second kappa shape index (κ2) is 7.29. The van der Waals surface area contributed by atoms with Crippen molar-refractivity contribution in [3.05, 3.63) is 22.9 Å². The third kappa shape index (κ3) is 2.88. The summed E-state index contributed by atoms with van der Waals surface area (Å²) in [5.74, 6) is 1.73. The van der Waals surface area contributed by atoms with Gasteiger partial charge in [0.25, 0.3) is 0 Å². The molecule has 0 radical (unpaired) electrons. The number of carbonyl (C=O) groups excluding carboxylic acids is 2. The lowest BCUT2D eigenvalue weighted by atomic mass is 9.82. The highest BCUT2D eigenvalue weighted by Gasteiger charge is 2.54. The zero-order valence-electron chi connectivity index (χ0n) is 18.2. The summed E-state index contributed by atoms with van der Waals surface area (Å²) in [6, 6.07) is 0.686. The lowest BCUT2D eigenvalue weighted by molar-refractivity contribution is -0.146. The highest BCUT2D eigenvalue weighted by molar-refractivity contribution is 5.93. The number of carbonyl (C=O) groups is 2. The number of ether oxygens (including phenoxy) is 4. The minimum absolute atomic E-state index is 0.00149. The molecule has 4 fully saturated rings. The number of esters is 2. The lowest BCUT2D eigenvalue weighted by Crippen LogP contribution is -2.46. The van der Waals surface area contributed by atoms with E-state index in [1.54, 1.807) is 14.0 Å². The van der Waals surface area contributed by atoms with E-state index in [9.17, 15) is 9.59 Å². The van der Waals surface area contributed by atoms with Gasteiger partial charge in [0.1, 0.15) is 18.0 Å². The number of nitrogens with zero attached hydrogens (tertiary/aromatic N) is 1. The van der Waals surface area contributed by atoms with Gasteiger partial charge in [-0.2, -0.15) is 0 Å². The molecular formula is C23H31NO6. The molecule has 5 aliphatic rings. The van der Waals surface area contributed by atoms with Gasteiger partial charge in [-0.15, -0.1) is 0 Å². The highest BCUT2D eigenvalue weighted by Crippen LogP contribution is 2.50. The Morgan fingerprint density at radius 2 is 1.80 bits per heavy atom. The number of cyclic esters (lactones) is 2. The van der Waals surface area contributed by atoms with Crippen molar-refractivity contribution < 1.29 is 28.5 Å². The molecule has 30 heavy (non-hydrogen) atoms. The van der Waals surface area contributed by atoms with Gasteiger partial charge in [-0.05, 0) is 45.6 Å². The van der Waals surface area contributed by atoms with Crippen molar-refractivity contribution in [2.75, 3.05) is 13.7 Å². The Labute approximate surface area is 177 Å². The topological polar surface area (TPSA) is 74.3 Å². The van der Waals surface area contributed by atoms with E-state index >= 15 is 0 Å². The maximum Gasteiger partial charge on any atom is 0.343 e. The van der Waals surface area contributed by atoms with E-state index in [-0.39, 0.29) is 36.0 Å². The molecule has 0 saturated carbocycles. The van der Waals surface area contributed by atoms with E-state index in [1.807, 2.05) is 6.92 Å². The smallest absolute Gasteiger partial charge is 0.343 e. The van der Waals surface area contributed by atoms with Crippen molar-refractivity contribution in [3.8, 4) is 0 Å². The van der Waals surface area contributed by atoms with Crippen LogP contribution in [0.4, 0.5) is 0 Å². The predicted molar refractivity (Wildman–Crippen MR) is 107 cm³/mol. The lowest BCUT2D eigenvalue weighted by Gasteiger charge is -2.35. The Morgan fingerprint density at radius 1 is 1.03 bits per heavy atom. The minimum Gasteiger partial charge on any atom is -0.492 e. The van der Waals surface area contributed by atoms with Gasteiger partial charge >= 0.3 is 11.9 Å². The molecule has 0 amide bonds. The Hall–Kier alpha value is -2.02. The van der Waals surface area contributed by atoms with Gasteiger partial charge in [-0.25, -0.2) is 4.79 Å². The summed E-state index contributed by atoms with van der Waals surface area (Å²) in [5, 5.41) is 0. The Balaban J connectivity index is 1.42. The Bertz CT molecular complexity index is 832. The molecule has 164 valence electrons. The summed E-state index contributed by atoms with van der Waals surface area (Å²) in [6.45, 7) is 6.88. The average Bonchev–Trinajstić information content (AvgIpc) is 3.40. The summed E-state index contributed by atoms with van der Waals surface area (Å²) >= 11 is 0. The van der Waals surface area contributed by atoms with E-state index in [1.165, 1.54) is 0 Å². The highest BCUT2D eigenvalue weighted by atomic mass is 16.6. The van der Waals surface area contributed by atoms with Crippen molar-refractivity contribution in [3.63, 3.8) is 0 Å². The van der Waals surface area contributed by atoms with Crippen molar-refractivity contribution in [1.82, 2.24) is 4.90 Å². The van der Waals surface area contributed by atoms with Crippen molar-refractivity contribution in [1.29, 1.82) is 0 Å². The fourth-order valence-corrected chi connectivity index (χ4v) is 6.36. The van der Waals surface area contributed by atoms with Crippen LogP contribution in [0.3, 0.4) is 0 Å². The SMILES string of the molecule is COC1=C(C)C(=O)O/C1=C1/O[C@@H]2CCCN3[C@@H](CC[C@H]3[C@H]3C[C@H](C)C(=O)O3)[C@H]2[C@@H]1C. The molecule has 5 rings (SSSR count). The second-order valence-corrected chi connectivity index (χ2v) is 9.47. The van der Waals surface area contributed by atoms with E-state index < -0.39 is 0 Å². The van der Waals surface area contributed by atoms with E-state index in [2.05, 4.69) is 11.8 Å². The molecule has 4 saturated heterocycles. The molecule has 7 atom stereocenters. The summed E-state index contributed by atoms with van der Waals surface area (Å²) in [6.07, 6.45) is 5.09.